The van der Waals surface area contributed by atoms with Gasteiger partial charge in [-0.15, -0.1) is 0 Å². The molecule has 5 heteroatoms. The zero-order chi connectivity index (χ0) is 16.4. The molecule has 0 saturated carbocycles. The summed E-state index contributed by atoms with van der Waals surface area (Å²) in [6, 6.07) is 1.93. The standard InChI is InChI=1S/C18H25N3O2/c1-12(2)15-11-14(16-13(3)20-23-17(16)19-15)18(22)21-9-7-5-4-6-8-10-21/h11-12H,4-10H2,1-3H3. The van der Waals surface area contributed by atoms with Gasteiger partial charge in [-0.3, -0.25) is 4.79 Å². The highest BCUT2D eigenvalue weighted by molar-refractivity contribution is 6.06. The van der Waals surface area contributed by atoms with Gasteiger partial charge in [0.2, 0.25) is 0 Å². The van der Waals surface area contributed by atoms with Crippen LogP contribution < -0.4 is 0 Å². The van der Waals surface area contributed by atoms with Gasteiger partial charge in [-0.1, -0.05) is 38.3 Å². The van der Waals surface area contributed by atoms with Crippen LogP contribution in [0.4, 0.5) is 0 Å². The molecule has 1 saturated heterocycles. The molecule has 0 radical (unpaired) electrons. The van der Waals surface area contributed by atoms with Crippen LogP contribution in [0.15, 0.2) is 10.6 Å². The van der Waals surface area contributed by atoms with E-state index in [1.807, 2.05) is 17.9 Å². The van der Waals surface area contributed by atoms with Gasteiger partial charge in [0.15, 0.2) is 0 Å². The lowest BCUT2D eigenvalue weighted by atomic mass is 10.0. The molecule has 0 aromatic carbocycles. The molecule has 1 amide bonds. The minimum absolute atomic E-state index is 0.0903. The van der Waals surface area contributed by atoms with E-state index in [-0.39, 0.29) is 11.8 Å². The molecule has 3 heterocycles. The van der Waals surface area contributed by atoms with Crippen molar-refractivity contribution in [2.45, 2.75) is 58.8 Å². The second kappa shape index (κ2) is 6.69. The average Bonchev–Trinajstić information content (AvgIpc) is 2.87. The maximum Gasteiger partial charge on any atom is 0.259 e. The normalized spacial score (nSPS) is 16.6. The molecule has 5 nitrogen and oxygen atoms in total. The second-order valence-electron chi connectivity index (χ2n) is 6.76. The van der Waals surface area contributed by atoms with Crippen LogP contribution in [0, 0.1) is 6.92 Å². The zero-order valence-electron chi connectivity index (χ0n) is 14.3. The molecule has 2 aromatic heterocycles. The summed E-state index contributed by atoms with van der Waals surface area (Å²) in [5.74, 6) is 0.330. The Hall–Kier alpha value is -1.91. The minimum Gasteiger partial charge on any atom is -0.339 e. The van der Waals surface area contributed by atoms with Crippen LogP contribution in [-0.2, 0) is 0 Å². The lowest BCUT2D eigenvalue weighted by Crippen LogP contribution is -2.34. The molecule has 0 N–H and O–H groups in total. The number of aryl methyl sites for hydroxylation is 1. The van der Waals surface area contributed by atoms with Gasteiger partial charge in [0, 0.05) is 18.8 Å². The lowest BCUT2D eigenvalue weighted by Gasteiger charge is -2.25. The van der Waals surface area contributed by atoms with Crippen molar-refractivity contribution in [2.75, 3.05) is 13.1 Å². The van der Waals surface area contributed by atoms with Gasteiger partial charge >= 0.3 is 0 Å². The summed E-state index contributed by atoms with van der Waals surface area (Å²) in [5.41, 5.74) is 2.78. The molecule has 0 bridgehead atoms. The third-order valence-electron chi connectivity index (χ3n) is 4.60. The van der Waals surface area contributed by atoms with Crippen molar-refractivity contribution in [2.24, 2.45) is 0 Å². The number of likely N-dealkylation sites (tertiary alicyclic amines) is 1. The van der Waals surface area contributed by atoms with Crippen molar-refractivity contribution < 1.29 is 9.32 Å². The summed E-state index contributed by atoms with van der Waals surface area (Å²) in [4.78, 5) is 19.6. The number of carbonyl (C=O) groups excluding carboxylic acids is 1. The number of carbonyl (C=O) groups is 1. The smallest absolute Gasteiger partial charge is 0.259 e. The first-order valence-corrected chi connectivity index (χ1v) is 8.64. The predicted octanol–water partition coefficient (Wildman–Crippen LogP) is 4.06. The highest BCUT2D eigenvalue weighted by Crippen LogP contribution is 2.26. The summed E-state index contributed by atoms with van der Waals surface area (Å²) >= 11 is 0. The summed E-state index contributed by atoms with van der Waals surface area (Å²) in [6.45, 7) is 7.68. The molecule has 0 unspecified atom stereocenters. The summed E-state index contributed by atoms with van der Waals surface area (Å²) < 4.78 is 5.33. The molecule has 0 aliphatic carbocycles. The fourth-order valence-corrected chi connectivity index (χ4v) is 3.20. The summed E-state index contributed by atoms with van der Waals surface area (Å²) in [7, 11) is 0. The van der Waals surface area contributed by atoms with Crippen molar-refractivity contribution in [3.8, 4) is 0 Å². The van der Waals surface area contributed by atoms with E-state index in [2.05, 4.69) is 24.0 Å². The van der Waals surface area contributed by atoms with Crippen molar-refractivity contribution in [1.29, 1.82) is 0 Å². The third-order valence-corrected chi connectivity index (χ3v) is 4.60. The molecule has 1 aliphatic rings. The van der Waals surface area contributed by atoms with Gasteiger partial charge in [-0.2, -0.15) is 0 Å². The Morgan fingerprint density at radius 1 is 1.17 bits per heavy atom. The molecule has 23 heavy (non-hydrogen) atoms. The molecule has 0 atom stereocenters. The number of fused-ring (bicyclic) bond motifs is 1. The van der Waals surface area contributed by atoms with E-state index in [1.165, 1.54) is 19.3 Å². The van der Waals surface area contributed by atoms with Gasteiger partial charge in [0.25, 0.3) is 11.6 Å². The first-order valence-electron chi connectivity index (χ1n) is 8.64. The number of amides is 1. The Labute approximate surface area is 137 Å². The van der Waals surface area contributed by atoms with Crippen LogP contribution in [0.1, 0.15) is 73.6 Å². The Bertz CT molecular complexity index is 698. The van der Waals surface area contributed by atoms with Crippen LogP contribution in [0.5, 0.6) is 0 Å². The van der Waals surface area contributed by atoms with Gasteiger partial charge in [0.05, 0.1) is 16.6 Å². The highest BCUT2D eigenvalue weighted by atomic mass is 16.5. The molecule has 1 fully saturated rings. The summed E-state index contributed by atoms with van der Waals surface area (Å²) in [5, 5.41) is 4.77. The largest absolute Gasteiger partial charge is 0.339 e. The zero-order valence-corrected chi connectivity index (χ0v) is 14.3. The number of aromatic nitrogens is 2. The number of pyridine rings is 1. The number of hydrogen-bond donors (Lipinski definition) is 0. The quantitative estimate of drug-likeness (QED) is 0.838. The van der Waals surface area contributed by atoms with E-state index in [0.717, 1.165) is 42.7 Å². The lowest BCUT2D eigenvalue weighted by molar-refractivity contribution is 0.0744. The van der Waals surface area contributed by atoms with Gasteiger partial charge in [-0.25, -0.2) is 4.98 Å². The maximum absolute atomic E-state index is 13.1. The highest BCUT2D eigenvalue weighted by Gasteiger charge is 2.23. The minimum atomic E-state index is 0.0903. The van der Waals surface area contributed by atoms with Crippen molar-refractivity contribution in [1.82, 2.24) is 15.0 Å². The Morgan fingerprint density at radius 3 is 2.48 bits per heavy atom. The molecule has 124 valence electrons. The molecule has 2 aromatic rings. The molecular formula is C18H25N3O2. The molecular weight excluding hydrogens is 290 g/mol. The fourth-order valence-electron chi connectivity index (χ4n) is 3.20. The monoisotopic (exact) mass is 315 g/mol. The Morgan fingerprint density at radius 2 is 1.83 bits per heavy atom. The molecule has 1 aliphatic heterocycles. The Kier molecular flexibility index (Phi) is 4.64. The number of rotatable bonds is 2. The van der Waals surface area contributed by atoms with E-state index in [0.29, 0.717) is 11.3 Å². The maximum atomic E-state index is 13.1. The van der Waals surface area contributed by atoms with E-state index in [4.69, 9.17) is 4.52 Å². The average molecular weight is 315 g/mol. The summed E-state index contributed by atoms with van der Waals surface area (Å²) in [6.07, 6.45) is 5.86. The van der Waals surface area contributed by atoms with Crippen molar-refractivity contribution >= 4 is 17.0 Å². The molecule has 3 rings (SSSR count). The topological polar surface area (TPSA) is 59.2 Å². The fraction of sp³-hybridized carbons (Fsp3) is 0.611. The molecule has 0 spiro atoms. The number of hydrogen-bond acceptors (Lipinski definition) is 4. The number of nitrogens with zero attached hydrogens (tertiary/aromatic N) is 3. The van der Waals surface area contributed by atoms with Gasteiger partial charge in [0.1, 0.15) is 0 Å². The van der Waals surface area contributed by atoms with Crippen molar-refractivity contribution in [3.63, 3.8) is 0 Å². The third kappa shape index (κ3) is 3.23. The second-order valence-corrected chi connectivity index (χ2v) is 6.76. The van der Waals surface area contributed by atoms with Gasteiger partial charge in [-0.05, 0) is 31.7 Å². The van der Waals surface area contributed by atoms with E-state index in [9.17, 15) is 4.79 Å². The van der Waals surface area contributed by atoms with E-state index < -0.39 is 0 Å². The van der Waals surface area contributed by atoms with E-state index >= 15 is 0 Å². The predicted molar refractivity (Wildman–Crippen MR) is 89.6 cm³/mol. The van der Waals surface area contributed by atoms with Crippen molar-refractivity contribution in [3.05, 3.63) is 23.0 Å². The van der Waals surface area contributed by atoms with E-state index in [1.54, 1.807) is 0 Å². The van der Waals surface area contributed by atoms with Crippen LogP contribution in [-0.4, -0.2) is 34.0 Å². The van der Waals surface area contributed by atoms with Crippen LogP contribution >= 0.6 is 0 Å². The van der Waals surface area contributed by atoms with Crippen LogP contribution in [0.25, 0.3) is 11.1 Å². The van der Waals surface area contributed by atoms with Crippen LogP contribution in [0.2, 0.25) is 0 Å². The SMILES string of the molecule is Cc1noc2nc(C(C)C)cc(C(=O)N3CCCCCCC3)c12. The Balaban J connectivity index is 2.02. The first-order chi connectivity index (χ1) is 11.1. The van der Waals surface area contributed by atoms with Crippen LogP contribution in [0.3, 0.4) is 0 Å². The van der Waals surface area contributed by atoms with Gasteiger partial charge < -0.3 is 9.42 Å². The first kappa shape index (κ1) is 16.0.